The van der Waals surface area contributed by atoms with Crippen molar-refractivity contribution in [2.75, 3.05) is 11.9 Å². The van der Waals surface area contributed by atoms with Crippen LogP contribution in [0, 0.1) is 5.41 Å². The molecule has 3 N–H and O–H groups in total. The van der Waals surface area contributed by atoms with Gasteiger partial charge >= 0.3 is 0 Å². The number of nitrogen functional groups attached to an aromatic ring is 1. The van der Waals surface area contributed by atoms with Gasteiger partial charge in [-0.05, 0) is 43.0 Å². The van der Waals surface area contributed by atoms with Crippen molar-refractivity contribution >= 4 is 34.6 Å². The van der Waals surface area contributed by atoms with E-state index >= 15 is 0 Å². The van der Waals surface area contributed by atoms with Crippen LogP contribution in [0.25, 0.3) is 0 Å². The van der Waals surface area contributed by atoms with Gasteiger partial charge in [0.05, 0.1) is 16.4 Å². The van der Waals surface area contributed by atoms with Gasteiger partial charge in [-0.25, -0.2) is 4.98 Å². The molecule has 0 saturated carbocycles. The van der Waals surface area contributed by atoms with Crippen LogP contribution in [0.3, 0.4) is 0 Å². The van der Waals surface area contributed by atoms with E-state index in [-0.39, 0.29) is 5.84 Å². The third-order valence-corrected chi connectivity index (χ3v) is 4.92. The molecule has 0 amide bonds. The number of aryl methyl sites for hydroxylation is 2. The third-order valence-electron chi connectivity index (χ3n) is 3.70. The molecule has 21 heavy (non-hydrogen) atoms. The average Bonchev–Trinajstić information content (AvgIpc) is 3.05. The molecule has 6 heteroatoms. The van der Waals surface area contributed by atoms with Crippen LogP contribution < -0.4 is 10.6 Å². The minimum Gasteiger partial charge on any atom is -0.384 e. The van der Waals surface area contributed by atoms with E-state index in [0.29, 0.717) is 6.54 Å². The SMILES string of the molecule is CN(Cc1ccc(Cl)s1)c1nc2c(cc1C(=N)N)CCC2. The van der Waals surface area contributed by atoms with Crippen molar-refractivity contribution in [3.8, 4) is 0 Å². The van der Waals surface area contributed by atoms with E-state index in [1.807, 2.05) is 30.1 Å². The summed E-state index contributed by atoms with van der Waals surface area (Å²) in [7, 11) is 1.98. The fourth-order valence-electron chi connectivity index (χ4n) is 2.70. The van der Waals surface area contributed by atoms with Crippen LogP contribution in [0.4, 0.5) is 5.82 Å². The molecule has 3 rings (SSSR count). The van der Waals surface area contributed by atoms with Gasteiger partial charge in [0.15, 0.2) is 0 Å². The Balaban J connectivity index is 1.94. The minimum atomic E-state index is 0.0725. The summed E-state index contributed by atoms with van der Waals surface area (Å²) in [5.74, 6) is 0.857. The lowest BCUT2D eigenvalue weighted by atomic mass is 10.1. The van der Waals surface area contributed by atoms with E-state index in [4.69, 9.17) is 27.7 Å². The Labute approximate surface area is 133 Å². The van der Waals surface area contributed by atoms with Crippen LogP contribution in [0.2, 0.25) is 4.34 Å². The topological polar surface area (TPSA) is 66.0 Å². The molecule has 110 valence electrons. The minimum absolute atomic E-state index is 0.0725. The largest absolute Gasteiger partial charge is 0.384 e. The highest BCUT2D eigenvalue weighted by Gasteiger charge is 2.20. The predicted octanol–water partition coefficient (Wildman–Crippen LogP) is 3.21. The number of amidine groups is 1. The van der Waals surface area contributed by atoms with E-state index in [0.717, 1.165) is 40.7 Å². The second-order valence-corrected chi connectivity index (χ2v) is 7.09. The van der Waals surface area contributed by atoms with E-state index in [2.05, 4.69) is 0 Å². The summed E-state index contributed by atoms with van der Waals surface area (Å²) in [6, 6.07) is 5.95. The molecule has 0 bridgehead atoms. The van der Waals surface area contributed by atoms with Gasteiger partial charge in [-0.3, -0.25) is 5.41 Å². The number of thiophene rings is 1. The molecule has 0 fully saturated rings. The van der Waals surface area contributed by atoms with Crippen LogP contribution in [0.15, 0.2) is 18.2 Å². The molecule has 0 saturated heterocycles. The molecule has 0 unspecified atom stereocenters. The number of fused-ring (bicyclic) bond motifs is 1. The number of nitrogens with zero attached hydrogens (tertiary/aromatic N) is 2. The molecule has 2 aromatic rings. The second-order valence-electron chi connectivity index (χ2n) is 5.29. The Hall–Kier alpha value is -1.59. The lowest BCUT2D eigenvalue weighted by molar-refractivity contribution is 0.879. The number of nitrogens with two attached hydrogens (primary N) is 1. The van der Waals surface area contributed by atoms with Gasteiger partial charge in [0.2, 0.25) is 0 Å². The first-order valence-electron chi connectivity index (χ1n) is 6.87. The van der Waals surface area contributed by atoms with E-state index in [1.165, 1.54) is 10.4 Å². The number of rotatable bonds is 4. The summed E-state index contributed by atoms with van der Waals surface area (Å²) in [6.45, 7) is 0.712. The molecule has 0 aliphatic heterocycles. The summed E-state index contributed by atoms with van der Waals surface area (Å²) in [5.41, 5.74) is 8.84. The number of aromatic nitrogens is 1. The highest BCUT2D eigenvalue weighted by atomic mass is 35.5. The maximum Gasteiger partial charge on any atom is 0.139 e. The Morgan fingerprint density at radius 1 is 1.48 bits per heavy atom. The molecule has 0 radical (unpaired) electrons. The summed E-state index contributed by atoms with van der Waals surface area (Å²) >= 11 is 7.54. The Morgan fingerprint density at radius 3 is 2.95 bits per heavy atom. The highest BCUT2D eigenvalue weighted by Crippen LogP contribution is 2.29. The van der Waals surface area contributed by atoms with E-state index in [9.17, 15) is 0 Å². The third kappa shape index (κ3) is 2.89. The van der Waals surface area contributed by atoms with Gasteiger partial charge in [0, 0.05) is 17.6 Å². The molecular formula is C15H17ClN4S. The first-order chi connectivity index (χ1) is 10.0. The zero-order chi connectivity index (χ0) is 15.0. The number of anilines is 1. The van der Waals surface area contributed by atoms with Crippen molar-refractivity contribution in [2.24, 2.45) is 5.73 Å². The van der Waals surface area contributed by atoms with Crippen molar-refractivity contribution < 1.29 is 0 Å². The number of halogens is 1. The Kier molecular flexibility index (Phi) is 3.87. The smallest absolute Gasteiger partial charge is 0.139 e. The monoisotopic (exact) mass is 320 g/mol. The van der Waals surface area contributed by atoms with Crippen molar-refractivity contribution in [2.45, 2.75) is 25.8 Å². The van der Waals surface area contributed by atoms with Crippen LogP contribution in [0.1, 0.15) is 28.1 Å². The summed E-state index contributed by atoms with van der Waals surface area (Å²) in [5, 5.41) is 7.81. The van der Waals surface area contributed by atoms with E-state index < -0.39 is 0 Å². The molecule has 1 aliphatic rings. The van der Waals surface area contributed by atoms with Crippen LogP contribution in [0.5, 0.6) is 0 Å². The van der Waals surface area contributed by atoms with Crippen LogP contribution >= 0.6 is 22.9 Å². The first-order valence-corrected chi connectivity index (χ1v) is 8.06. The van der Waals surface area contributed by atoms with Gasteiger partial charge in [0.25, 0.3) is 0 Å². The zero-order valence-electron chi connectivity index (χ0n) is 11.8. The lowest BCUT2D eigenvalue weighted by Gasteiger charge is -2.21. The van der Waals surface area contributed by atoms with Crippen LogP contribution in [-0.4, -0.2) is 17.9 Å². The molecule has 2 heterocycles. The predicted molar refractivity (Wildman–Crippen MR) is 88.7 cm³/mol. The van der Waals surface area contributed by atoms with Crippen LogP contribution in [-0.2, 0) is 19.4 Å². The highest BCUT2D eigenvalue weighted by molar-refractivity contribution is 7.16. The average molecular weight is 321 g/mol. The van der Waals surface area contributed by atoms with Crippen molar-refractivity contribution in [1.82, 2.24) is 4.98 Å². The van der Waals surface area contributed by atoms with Gasteiger partial charge in [0.1, 0.15) is 11.7 Å². The van der Waals surface area contributed by atoms with Crippen molar-refractivity contribution in [3.05, 3.63) is 44.2 Å². The Bertz CT molecular complexity index is 695. The Morgan fingerprint density at radius 2 is 2.29 bits per heavy atom. The zero-order valence-corrected chi connectivity index (χ0v) is 13.4. The lowest BCUT2D eigenvalue weighted by Crippen LogP contribution is -2.23. The fourth-order valence-corrected chi connectivity index (χ4v) is 3.84. The number of pyridine rings is 1. The van der Waals surface area contributed by atoms with Gasteiger partial charge < -0.3 is 10.6 Å². The normalized spacial score (nSPS) is 13.2. The summed E-state index contributed by atoms with van der Waals surface area (Å²) in [4.78, 5) is 7.96. The van der Waals surface area contributed by atoms with E-state index in [1.54, 1.807) is 11.3 Å². The number of nitrogens with one attached hydrogen (secondary N) is 1. The maximum atomic E-state index is 7.81. The molecule has 2 aromatic heterocycles. The second kappa shape index (κ2) is 5.66. The molecule has 1 aliphatic carbocycles. The fraction of sp³-hybridized carbons (Fsp3) is 0.333. The number of hydrogen-bond acceptors (Lipinski definition) is 4. The quantitative estimate of drug-likeness (QED) is 0.671. The molecule has 0 aromatic carbocycles. The molecule has 0 spiro atoms. The summed E-state index contributed by atoms with van der Waals surface area (Å²) < 4.78 is 0.784. The van der Waals surface area contributed by atoms with Crippen molar-refractivity contribution in [3.63, 3.8) is 0 Å². The van der Waals surface area contributed by atoms with Gasteiger partial charge in [-0.15, -0.1) is 11.3 Å². The molecule has 0 atom stereocenters. The summed E-state index contributed by atoms with van der Waals surface area (Å²) in [6.07, 6.45) is 3.18. The molecular weight excluding hydrogens is 304 g/mol. The standard InChI is InChI=1S/C15H17ClN4S/c1-20(8-10-5-6-13(16)21-10)15-11(14(17)18)7-9-3-2-4-12(9)19-15/h5-7H,2-4,8H2,1H3,(H3,17,18). The number of hydrogen-bond donors (Lipinski definition) is 2. The first kappa shape index (κ1) is 14.4. The maximum absolute atomic E-state index is 7.81. The van der Waals surface area contributed by atoms with Crippen molar-refractivity contribution in [1.29, 1.82) is 5.41 Å². The van der Waals surface area contributed by atoms with Gasteiger partial charge in [-0.2, -0.15) is 0 Å². The van der Waals surface area contributed by atoms with Gasteiger partial charge in [-0.1, -0.05) is 11.6 Å². The molecule has 4 nitrogen and oxygen atoms in total.